The van der Waals surface area contributed by atoms with E-state index in [1.807, 2.05) is 4.90 Å². The van der Waals surface area contributed by atoms with Crippen molar-refractivity contribution in [2.75, 3.05) is 40.0 Å². The zero-order valence-electron chi connectivity index (χ0n) is 17.2. The van der Waals surface area contributed by atoms with E-state index in [2.05, 4.69) is 10.5 Å². The molecule has 164 valence electrons. The zero-order chi connectivity index (χ0) is 22.1. The van der Waals surface area contributed by atoms with Gasteiger partial charge in [0.05, 0.1) is 38.0 Å². The minimum absolute atomic E-state index is 0.0154. The molecule has 1 fully saturated rings. The van der Waals surface area contributed by atoms with Gasteiger partial charge in [-0.25, -0.2) is 5.43 Å². The highest BCUT2D eigenvalue weighted by Gasteiger charge is 2.14. The van der Waals surface area contributed by atoms with E-state index < -0.39 is 4.92 Å². The van der Waals surface area contributed by atoms with Crippen molar-refractivity contribution in [3.8, 4) is 11.5 Å². The van der Waals surface area contributed by atoms with Gasteiger partial charge >= 0.3 is 0 Å². The van der Waals surface area contributed by atoms with Crippen LogP contribution in [0.25, 0.3) is 0 Å². The van der Waals surface area contributed by atoms with E-state index in [1.165, 1.54) is 25.5 Å². The number of carbonyl (C=O) groups is 1. The number of nitro benzene ring substituents is 1. The molecule has 2 aromatic rings. The number of hydrazone groups is 1. The number of ether oxygens (including phenoxy) is 3. The van der Waals surface area contributed by atoms with Crippen LogP contribution in [0.15, 0.2) is 47.6 Å². The van der Waals surface area contributed by atoms with Gasteiger partial charge in [0, 0.05) is 30.8 Å². The van der Waals surface area contributed by atoms with E-state index in [4.69, 9.17) is 14.2 Å². The molecule has 1 saturated heterocycles. The summed E-state index contributed by atoms with van der Waals surface area (Å²) in [7, 11) is 1.53. The van der Waals surface area contributed by atoms with Crippen LogP contribution in [0.3, 0.4) is 0 Å². The molecule has 10 nitrogen and oxygen atoms in total. The fourth-order valence-electron chi connectivity index (χ4n) is 2.99. The molecule has 1 amide bonds. The summed E-state index contributed by atoms with van der Waals surface area (Å²) in [5, 5.41) is 14.8. The third kappa shape index (κ3) is 6.49. The Bertz CT molecular complexity index is 926. The molecule has 2 aromatic carbocycles. The Morgan fingerprint density at radius 3 is 2.68 bits per heavy atom. The van der Waals surface area contributed by atoms with Crippen molar-refractivity contribution in [3.63, 3.8) is 0 Å². The molecule has 10 heteroatoms. The predicted octanol–water partition coefficient (Wildman–Crippen LogP) is 1.96. The van der Waals surface area contributed by atoms with Crippen LogP contribution in [0.1, 0.15) is 11.1 Å². The lowest BCUT2D eigenvalue weighted by molar-refractivity contribution is -0.384. The van der Waals surface area contributed by atoms with E-state index >= 15 is 0 Å². The highest BCUT2D eigenvalue weighted by atomic mass is 16.6. The minimum Gasteiger partial charge on any atom is -0.493 e. The second kappa shape index (κ2) is 11.0. The summed E-state index contributed by atoms with van der Waals surface area (Å²) in [6, 6.07) is 11.4. The van der Waals surface area contributed by atoms with E-state index in [1.54, 1.807) is 30.3 Å². The highest BCUT2D eigenvalue weighted by molar-refractivity contribution is 5.86. The summed E-state index contributed by atoms with van der Waals surface area (Å²) in [5.41, 5.74) is 3.92. The average molecular weight is 428 g/mol. The largest absolute Gasteiger partial charge is 0.493 e. The maximum Gasteiger partial charge on any atom is 0.269 e. The van der Waals surface area contributed by atoms with Crippen LogP contribution in [0.4, 0.5) is 5.69 Å². The molecule has 0 unspecified atom stereocenters. The summed E-state index contributed by atoms with van der Waals surface area (Å²) in [6.45, 7) is 3.11. The van der Waals surface area contributed by atoms with E-state index in [-0.39, 0.29) is 24.7 Å². The predicted molar refractivity (Wildman–Crippen MR) is 113 cm³/mol. The van der Waals surface area contributed by atoms with Crippen LogP contribution in [0, 0.1) is 10.1 Å². The van der Waals surface area contributed by atoms with Crippen LogP contribution in [0.2, 0.25) is 0 Å². The Morgan fingerprint density at radius 1 is 1.26 bits per heavy atom. The van der Waals surface area contributed by atoms with Gasteiger partial charge in [0.15, 0.2) is 11.5 Å². The van der Waals surface area contributed by atoms with Crippen LogP contribution in [0.5, 0.6) is 11.5 Å². The number of benzene rings is 2. The summed E-state index contributed by atoms with van der Waals surface area (Å²) in [4.78, 5) is 24.4. The maximum absolute atomic E-state index is 12.1. The van der Waals surface area contributed by atoms with Crippen LogP contribution in [-0.4, -0.2) is 61.9 Å². The fraction of sp³-hybridized carbons (Fsp3) is 0.333. The molecule has 0 aliphatic carbocycles. The van der Waals surface area contributed by atoms with Gasteiger partial charge in [-0.2, -0.15) is 5.10 Å². The first-order chi connectivity index (χ1) is 15.1. The number of nitrogens with one attached hydrogen (secondary N) is 1. The van der Waals surface area contributed by atoms with Crippen LogP contribution < -0.4 is 14.9 Å². The third-order valence-electron chi connectivity index (χ3n) is 4.62. The lowest BCUT2D eigenvalue weighted by Gasteiger charge is -2.25. The molecule has 0 spiro atoms. The number of nitro groups is 1. The Kier molecular flexibility index (Phi) is 7.91. The molecule has 0 saturated carbocycles. The van der Waals surface area contributed by atoms with E-state index in [9.17, 15) is 14.9 Å². The number of hydrogen-bond acceptors (Lipinski definition) is 8. The normalized spacial score (nSPS) is 14.4. The van der Waals surface area contributed by atoms with Gasteiger partial charge in [0.2, 0.25) is 0 Å². The van der Waals surface area contributed by atoms with Gasteiger partial charge in [-0.3, -0.25) is 19.8 Å². The first kappa shape index (κ1) is 22.2. The number of para-hydroxylation sites is 1. The van der Waals surface area contributed by atoms with Crippen LogP contribution >= 0.6 is 0 Å². The van der Waals surface area contributed by atoms with Crippen molar-refractivity contribution < 1.29 is 23.9 Å². The SMILES string of the molecule is COc1cccc(/C=N/NC(=O)CN2CCOCC2)c1OCc1ccc([N+](=O)[O-])cc1. The second-order valence-electron chi connectivity index (χ2n) is 6.77. The second-order valence-corrected chi connectivity index (χ2v) is 6.77. The molecule has 1 heterocycles. The lowest BCUT2D eigenvalue weighted by Crippen LogP contribution is -2.42. The van der Waals surface area contributed by atoms with Crippen molar-refractivity contribution >= 4 is 17.8 Å². The number of rotatable bonds is 9. The van der Waals surface area contributed by atoms with Gasteiger partial charge < -0.3 is 14.2 Å². The molecule has 31 heavy (non-hydrogen) atoms. The van der Waals surface area contributed by atoms with Crippen molar-refractivity contribution in [1.82, 2.24) is 10.3 Å². The van der Waals surface area contributed by atoms with Gasteiger partial charge in [0.1, 0.15) is 6.61 Å². The first-order valence-electron chi connectivity index (χ1n) is 9.72. The molecule has 1 N–H and O–H groups in total. The highest BCUT2D eigenvalue weighted by Crippen LogP contribution is 2.31. The first-order valence-corrected chi connectivity index (χ1v) is 9.72. The molecule has 1 aliphatic rings. The van der Waals surface area contributed by atoms with Crippen molar-refractivity contribution in [2.24, 2.45) is 5.10 Å². The summed E-state index contributed by atoms with van der Waals surface area (Å²) < 4.78 is 16.5. The molecule has 0 bridgehead atoms. The number of morpholine rings is 1. The number of non-ortho nitro benzene ring substituents is 1. The number of carbonyl (C=O) groups excluding carboxylic acids is 1. The van der Waals surface area contributed by atoms with E-state index in [0.29, 0.717) is 43.4 Å². The summed E-state index contributed by atoms with van der Waals surface area (Å²) in [5.74, 6) is 0.745. The molecular formula is C21H24N4O6. The Balaban J connectivity index is 1.63. The molecule has 1 aliphatic heterocycles. The quantitative estimate of drug-likeness (QED) is 0.369. The lowest BCUT2D eigenvalue weighted by atomic mass is 10.2. The number of nitrogens with zero attached hydrogens (tertiary/aromatic N) is 3. The van der Waals surface area contributed by atoms with Gasteiger partial charge in [-0.1, -0.05) is 6.07 Å². The smallest absolute Gasteiger partial charge is 0.269 e. The van der Waals surface area contributed by atoms with Gasteiger partial charge in [-0.15, -0.1) is 0 Å². The number of methoxy groups -OCH3 is 1. The Labute approximate surface area is 179 Å². The molecule has 0 atom stereocenters. The molecular weight excluding hydrogens is 404 g/mol. The monoisotopic (exact) mass is 428 g/mol. The fourth-order valence-corrected chi connectivity index (χ4v) is 2.99. The van der Waals surface area contributed by atoms with Crippen molar-refractivity contribution in [3.05, 3.63) is 63.7 Å². The summed E-state index contributed by atoms with van der Waals surface area (Å²) >= 11 is 0. The number of amides is 1. The summed E-state index contributed by atoms with van der Waals surface area (Å²) in [6.07, 6.45) is 1.49. The minimum atomic E-state index is -0.452. The van der Waals surface area contributed by atoms with Gasteiger partial charge in [-0.05, 0) is 29.8 Å². The molecule has 3 rings (SSSR count). The standard InChI is InChI=1S/C21H24N4O6/c1-29-19-4-2-3-17(13-22-23-20(26)14-24-9-11-30-12-10-24)21(19)31-15-16-5-7-18(8-6-16)25(27)28/h2-8,13H,9-12,14-15H2,1H3,(H,23,26)/b22-13+. The number of hydrogen-bond donors (Lipinski definition) is 1. The zero-order valence-corrected chi connectivity index (χ0v) is 17.2. The topological polar surface area (TPSA) is 116 Å². The Hall–Kier alpha value is -3.50. The van der Waals surface area contributed by atoms with Crippen LogP contribution in [-0.2, 0) is 16.1 Å². The molecule has 0 radical (unpaired) electrons. The molecule has 0 aromatic heterocycles. The van der Waals surface area contributed by atoms with Crippen molar-refractivity contribution in [2.45, 2.75) is 6.61 Å². The maximum atomic E-state index is 12.1. The van der Waals surface area contributed by atoms with Gasteiger partial charge in [0.25, 0.3) is 11.6 Å². The average Bonchev–Trinajstić information content (AvgIpc) is 2.79. The Morgan fingerprint density at radius 2 is 2.00 bits per heavy atom. The van der Waals surface area contributed by atoms with E-state index in [0.717, 1.165) is 5.56 Å². The third-order valence-corrected chi connectivity index (χ3v) is 4.62. The van der Waals surface area contributed by atoms with Crippen molar-refractivity contribution in [1.29, 1.82) is 0 Å².